The van der Waals surface area contributed by atoms with Crippen LogP contribution in [0, 0.1) is 11.8 Å². The van der Waals surface area contributed by atoms with Crippen molar-refractivity contribution in [3.8, 4) is 5.75 Å². The van der Waals surface area contributed by atoms with Crippen LogP contribution in [0.4, 0.5) is 0 Å². The fourth-order valence-electron chi connectivity index (χ4n) is 5.59. The number of fused-ring (bicyclic) bond motifs is 4. The number of carbonyl (C=O) groups is 1. The SMILES string of the molecule is CCC1CN2CCC1CC2C(OC(=O)c1ccccc1)c1ccnc2ccc(OC)cc12. The number of hydrogen-bond donors (Lipinski definition) is 0. The third kappa shape index (κ3) is 3.86. The Balaban J connectivity index is 1.56. The van der Waals surface area contributed by atoms with Crippen molar-refractivity contribution >= 4 is 16.9 Å². The molecule has 166 valence electrons. The molecule has 5 nitrogen and oxygen atoms in total. The Morgan fingerprint density at radius 2 is 2.03 bits per heavy atom. The summed E-state index contributed by atoms with van der Waals surface area (Å²) in [6.45, 7) is 4.44. The van der Waals surface area contributed by atoms with Crippen molar-refractivity contribution < 1.29 is 14.3 Å². The summed E-state index contributed by atoms with van der Waals surface area (Å²) in [5, 5.41) is 0.979. The van der Waals surface area contributed by atoms with E-state index in [2.05, 4.69) is 16.8 Å². The predicted octanol–water partition coefficient (Wildman–Crippen LogP) is 5.26. The van der Waals surface area contributed by atoms with Gasteiger partial charge in [-0.3, -0.25) is 9.88 Å². The molecule has 0 amide bonds. The van der Waals surface area contributed by atoms with Gasteiger partial charge in [0.05, 0.1) is 24.2 Å². The lowest BCUT2D eigenvalue weighted by molar-refractivity contribution is -0.0659. The van der Waals surface area contributed by atoms with Gasteiger partial charge in [-0.1, -0.05) is 31.5 Å². The van der Waals surface area contributed by atoms with E-state index in [0.29, 0.717) is 11.5 Å². The first-order valence-electron chi connectivity index (χ1n) is 11.6. The molecule has 32 heavy (non-hydrogen) atoms. The van der Waals surface area contributed by atoms with E-state index in [9.17, 15) is 4.79 Å². The Hall–Kier alpha value is -2.92. The average molecular weight is 431 g/mol. The minimum absolute atomic E-state index is 0.168. The Kier molecular flexibility index (Phi) is 5.83. The monoisotopic (exact) mass is 430 g/mol. The van der Waals surface area contributed by atoms with Crippen LogP contribution >= 0.6 is 0 Å². The summed E-state index contributed by atoms with van der Waals surface area (Å²) in [6.07, 6.45) is 4.95. The smallest absolute Gasteiger partial charge is 0.338 e. The number of piperidine rings is 3. The Bertz CT molecular complexity index is 1100. The fourth-order valence-corrected chi connectivity index (χ4v) is 5.59. The highest BCUT2D eigenvalue weighted by atomic mass is 16.5. The average Bonchev–Trinajstić information content (AvgIpc) is 2.87. The minimum atomic E-state index is -0.360. The Labute approximate surface area is 189 Å². The number of methoxy groups -OCH3 is 1. The molecule has 2 bridgehead atoms. The molecule has 3 saturated heterocycles. The van der Waals surface area contributed by atoms with Gasteiger partial charge in [0, 0.05) is 23.7 Å². The standard InChI is InChI=1S/C27H30N2O3/c1-3-18-17-29-14-12-20(18)15-25(29)26(32-27(30)19-7-5-4-6-8-19)22-11-13-28-24-10-9-21(31-2)16-23(22)24/h4-11,13,16,18,20,25-26H,3,12,14-15,17H2,1-2H3. The molecule has 0 spiro atoms. The molecule has 5 atom stereocenters. The maximum absolute atomic E-state index is 13.2. The van der Waals surface area contributed by atoms with Gasteiger partial charge in [0.25, 0.3) is 0 Å². The van der Waals surface area contributed by atoms with Crippen LogP contribution in [0.1, 0.15) is 48.2 Å². The number of nitrogens with zero attached hydrogens (tertiary/aromatic N) is 2. The first-order chi connectivity index (χ1) is 15.7. The number of aromatic nitrogens is 1. The van der Waals surface area contributed by atoms with E-state index in [1.54, 1.807) is 7.11 Å². The van der Waals surface area contributed by atoms with Gasteiger partial charge in [0.1, 0.15) is 11.9 Å². The Morgan fingerprint density at radius 3 is 2.75 bits per heavy atom. The third-order valence-corrected chi connectivity index (χ3v) is 7.34. The summed E-state index contributed by atoms with van der Waals surface area (Å²) in [4.78, 5) is 20.3. The third-order valence-electron chi connectivity index (χ3n) is 7.34. The van der Waals surface area contributed by atoms with Gasteiger partial charge in [-0.05, 0) is 67.6 Å². The summed E-state index contributed by atoms with van der Waals surface area (Å²) < 4.78 is 11.8. The van der Waals surface area contributed by atoms with Crippen LogP contribution in [0.25, 0.3) is 10.9 Å². The quantitative estimate of drug-likeness (QED) is 0.499. The maximum Gasteiger partial charge on any atom is 0.338 e. The lowest BCUT2D eigenvalue weighted by Gasteiger charge is -2.51. The van der Waals surface area contributed by atoms with Crippen molar-refractivity contribution in [2.24, 2.45) is 11.8 Å². The zero-order chi connectivity index (χ0) is 22.1. The number of carbonyl (C=O) groups excluding carboxylic acids is 1. The van der Waals surface area contributed by atoms with Crippen molar-refractivity contribution in [2.45, 2.75) is 38.3 Å². The highest BCUT2D eigenvalue weighted by Crippen LogP contribution is 2.44. The van der Waals surface area contributed by atoms with Gasteiger partial charge in [-0.25, -0.2) is 4.79 Å². The normalized spacial score (nSPS) is 25.4. The van der Waals surface area contributed by atoms with Crippen molar-refractivity contribution in [3.05, 3.63) is 71.9 Å². The van der Waals surface area contributed by atoms with E-state index in [0.717, 1.165) is 47.6 Å². The lowest BCUT2D eigenvalue weighted by Crippen LogP contribution is -2.55. The number of rotatable bonds is 6. The topological polar surface area (TPSA) is 51.7 Å². The first-order valence-corrected chi connectivity index (χ1v) is 11.6. The zero-order valence-corrected chi connectivity index (χ0v) is 18.7. The minimum Gasteiger partial charge on any atom is -0.497 e. The summed E-state index contributed by atoms with van der Waals surface area (Å²) >= 11 is 0. The van der Waals surface area contributed by atoms with Crippen molar-refractivity contribution in [2.75, 3.05) is 20.2 Å². The van der Waals surface area contributed by atoms with E-state index >= 15 is 0 Å². The van der Waals surface area contributed by atoms with E-state index in [1.807, 2.05) is 60.8 Å². The number of ether oxygens (including phenoxy) is 2. The lowest BCUT2D eigenvalue weighted by atomic mass is 9.72. The van der Waals surface area contributed by atoms with Gasteiger partial charge in [0.2, 0.25) is 0 Å². The maximum atomic E-state index is 13.2. The molecule has 3 aliphatic heterocycles. The number of esters is 1. The Morgan fingerprint density at radius 1 is 1.19 bits per heavy atom. The number of hydrogen-bond acceptors (Lipinski definition) is 5. The zero-order valence-electron chi connectivity index (χ0n) is 18.7. The van der Waals surface area contributed by atoms with Crippen LogP contribution in [0.5, 0.6) is 5.75 Å². The first kappa shape index (κ1) is 21.0. The van der Waals surface area contributed by atoms with Crippen LogP contribution < -0.4 is 4.74 Å². The molecule has 4 heterocycles. The number of benzene rings is 2. The predicted molar refractivity (Wildman–Crippen MR) is 125 cm³/mol. The van der Waals surface area contributed by atoms with Crippen molar-refractivity contribution in [3.63, 3.8) is 0 Å². The number of pyridine rings is 1. The van der Waals surface area contributed by atoms with Crippen LogP contribution in [0.2, 0.25) is 0 Å². The summed E-state index contributed by atoms with van der Waals surface area (Å²) in [7, 11) is 1.67. The highest BCUT2D eigenvalue weighted by Gasteiger charge is 2.44. The van der Waals surface area contributed by atoms with Crippen molar-refractivity contribution in [1.82, 2.24) is 9.88 Å². The molecule has 1 aromatic heterocycles. The second-order valence-corrected chi connectivity index (χ2v) is 8.99. The highest BCUT2D eigenvalue weighted by molar-refractivity contribution is 5.90. The van der Waals surface area contributed by atoms with Crippen LogP contribution in [-0.4, -0.2) is 42.1 Å². The van der Waals surface area contributed by atoms with Gasteiger partial charge in [-0.2, -0.15) is 0 Å². The second kappa shape index (κ2) is 8.91. The van der Waals surface area contributed by atoms with E-state index in [4.69, 9.17) is 9.47 Å². The molecule has 5 unspecified atom stereocenters. The molecular formula is C27H30N2O3. The molecule has 0 aliphatic carbocycles. The van der Waals surface area contributed by atoms with Gasteiger partial charge < -0.3 is 9.47 Å². The fraction of sp³-hybridized carbons (Fsp3) is 0.407. The van der Waals surface area contributed by atoms with Crippen LogP contribution in [0.15, 0.2) is 60.8 Å². The molecule has 6 rings (SSSR count). The van der Waals surface area contributed by atoms with Gasteiger partial charge in [-0.15, -0.1) is 0 Å². The van der Waals surface area contributed by atoms with Gasteiger partial charge >= 0.3 is 5.97 Å². The molecule has 3 aromatic rings. The van der Waals surface area contributed by atoms with E-state index in [-0.39, 0.29) is 18.1 Å². The molecule has 0 radical (unpaired) electrons. The van der Waals surface area contributed by atoms with E-state index < -0.39 is 0 Å². The molecule has 0 saturated carbocycles. The van der Waals surface area contributed by atoms with Crippen LogP contribution in [0.3, 0.4) is 0 Å². The van der Waals surface area contributed by atoms with Gasteiger partial charge in [0.15, 0.2) is 0 Å². The largest absolute Gasteiger partial charge is 0.497 e. The van der Waals surface area contributed by atoms with E-state index in [1.165, 1.54) is 12.8 Å². The van der Waals surface area contributed by atoms with Crippen LogP contribution in [-0.2, 0) is 4.74 Å². The second-order valence-electron chi connectivity index (χ2n) is 8.99. The molecule has 2 aromatic carbocycles. The molecule has 0 N–H and O–H groups in total. The summed E-state index contributed by atoms with van der Waals surface area (Å²) in [5.74, 6) is 1.92. The molecule has 3 fully saturated rings. The van der Waals surface area contributed by atoms with Crippen molar-refractivity contribution in [1.29, 1.82) is 0 Å². The molecule has 5 heteroatoms. The molecular weight excluding hydrogens is 400 g/mol. The molecule has 3 aliphatic rings. The summed E-state index contributed by atoms with van der Waals surface area (Å²) in [5.41, 5.74) is 2.46. The summed E-state index contributed by atoms with van der Waals surface area (Å²) in [6, 6.07) is 17.3.